The van der Waals surface area contributed by atoms with Gasteiger partial charge in [0.1, 0.15) is 5.75 Å². The molecule has 106 valence electrons. The van der Waals surface area contributed by atoms with Gasteiger partial charge in [-0.05, 0) is 25.1 Å². The van der Waals surface area contributed by atoms with E-state index >= 15 is 0 Å². The first-order valence-electron chi connectivity index (χ1n) is 6.48. The maximum Gasteiger partial charge on any atom is 0.311 e. The second-order valence-corrected chi connectivity index (χ2v) is 4.91. The Balaban J connectivity index is 2.58. The maximum absolute atomic E-state index is 14.1. The van der Waals surface area contributed by atoms with Crippen LogP contribution >= 0.6 is 0 Å². The van der Waals surface area contributed by atoms with Gasteiger partial charge in [-0.2, -0.15) is 8.79 Å². The third kappa shape index (κ3) is 1.89. The van der Waals surface area contributed by atoms with Gasteiger partial charge in [-0.15, -0.1) is 0 Å². The van der Waals surface area contributed by atoms with Crippen LogP contribution in [-0.4, -0.2) is 16.2 Å². The monoisotopic (exact) mass is 286 g/mol. The molecule has 0 bridgehead atoms. The number of carboxylic acid groups (broad SMARTS) is 1. The molecule has 1 unspecified atom stereocenters. The third-order valence-electron chi connectivity index (χ3n) is 3.68. The van der Waals surface area contributed by atoms with E-state index in [1.54, 1.807) is 34.9 Å². The molecular weight excluding hydrogens is 273 g/mol. The number of aromatic hydroxyl groups is 1. The number of halogens is 1. The molecule has 0 radical (unpaired) electrons. The van der Waals surface area contributed by atoms with Gasteiger partial charge in [0.05, 0.1) is 16.9 Å². The Hall–Kier alpha value is -2.69. The SMILES string of the molecule is CC(C(=O)O)c1c(O)c2cccc(F)c2[n+]2ccccc12. The molecular formula is C16H13FNO3+. The van der Waals surface area contributed by atoms with Crippen LogP contribution < -0.4 is 4.40 Å². The largest absolute Gasteiger partial charge is 0.506 e. The highest BCUT2D eigenvalue weighted by molar-refractivity contribution is 5.90. The van der Waals surface area contributed by atoms with E-state index in [1.807, 2.05) is 0 Å². The smallest absolute Gasteiger partial charge is 0.311 e. The number of rotatable bonds is 2. The van der Waals surface area contributed by atoms with Gasteiger partial charge in [0.2, 0.25) is 5.52 Å². The summed E-state index contributed by atoms with van der Waals surface area (Å²) < 4.78 is 15.7. The summed E-state index contributed by atoms with van der Waals surface area (Å²) in [6, 6.07) is 9.49. The lowest BCUT2D eigenvalue weighted by molar-refractivity contribution is -0.483. The number of aliphatic carboxylic acids is 1. The quantitative estimate of drug-likeness (QED) is 0.562. The Morgan fingerprint density at radius 2 is 2.00 bits per heavy atom. The lowest BCUT2D eigenvalue weighted by atomic mass is 9.96. The average molecular weight is 286 g/mol. The first kappa shape index (κ1) is 13.3. The molecule has 2 N–H and O–H groups in total. The highest BCUT2D eigenvalue weighted by Crippen LogP contribution is 2.35. The van der Waals surface area contributed by atoms with Crippen molar-refractivity contribution in [3.05, 3.63) is 54.0 Å². The van der Waals surface area contributed by atoms with Crippen LogP contribution in [0, 0.1) is 5.82 Å². The summed E-state index contributed by atoms with van der Waals surface area (Å²) in [5.74, 6) is -2.62. The first-order valence-corrected chi connectivity index (χ1v) is 6.48. The van der Waals surface area contributed by atoms with Gasteiger partial charge in [-0.1, -0.05) is 6.07 Å². The van der Waals surface area contributed by atoms with Gasteiger partial charge in [0.15, 0.2) is 12.0 Å². The summed E-state index contributed by atoms with van der Waals surface area (Å²) in [6.45, 7) is 1.50. The van der Waals surface area contributed by atoms with E-state index in [-0.39, 0.29) is 16.8 Å². The minimum Gasteiger partial charge on any atom is -0.506 e. The van der Waals surface area contributed by atoms with E-state index in [0.29, 0.717) is 10.9 Å². The van der Waals surface area contributed by atoms with Crippen molar-refractivity contribution < 1.29 is 23.8 Å². The molecule has 1 atom stereocenters. The molecule has 2 heterocycles. The molecule has 2 aromatic heterocycles. The Bertz CT molecular complexity index is 876. The fourth-order valence-corrected chi connectivity index (χ4v) is 2.63. The van der Waals surface area contributed by atoms with Crippen molar-refractivity contribution >= 4 is 22.4 Å². The highest BCUT2D eigenvalue weighted by Gasteiger charge is 2.29. The van der Waals surface area contributed by atoms with Crippen molar-refractivity contribution in [2.24, 2.45) is 0 Å². The van der Waals surface area contributed by atoms with Crippen LogP contribution in [0.3, 0.4) is 0 Å². The number of nitrogens with zero attached hydrogens (tertiary/aromatic N) is 1. The summed E-state index contributed by atoms with van der Waals surface area (Å²) in [4.78, 5) is 11.3. The van der Waals surface area contributed by atoms with E-state index in [0.717, 1.165) is 0 Å². The topological polar surface area (TPSA) is 61.6 Å². The number of carboxylic acids is 1. The Morgan fingerprint density at radius 3 is 2.71 bits per heavy atom. The van der Waals surface area contributed by atoms with Gasteiger partial charge in [-0.25, -0.2) is 0 Å². The first-order chi connectivity index (χ1) is 10.0. The van der Waals surface area contributed by atoms with Crippen molar-refractivity contribution in [3.63, 3.8) is 0 Å². The number of para-hydroxylation sites is 1. The molecule has 0 aliphatic heterocycles. The number of carbonyl (C=O) groups is 1. The van der Waals surface area contributed by atoms with Crippen LogP contribution in [-0.2, 0) is 4.79 Å². The molecule has 0 saturated heterocycles. The van der Waals surface area contributed by atoms with Crippen molar-refractivity contribution in [1.29, 1.82) is 0 Å². The number of benzene rings is 1. The lowest BCUT2D eigenvalue weighted by Crippen LogP contribution is -2.26. The highest BCUT2D eigenvalue weighted by atomic mass is 19.1. The second kappa shape index (κ2) is 4.70. The minimum atomic E-state index is -1.05. The van der Waals surface area contributed by atoms with E-state index in [1.165, 1.54) is 19.1 Å². The van der Waals surface area contributed by atoms with Crippen LogP contribution in [0.4, 0.5) is 4.39 Å². The van der Waals surface area contributed by atoms with E-state index in [2.05, 4.69) is 0 Å². The maximum atomic E-state index is 14.1. The fraction of sp³-hybridized carbons (Fsp3) is 0.125. The van der Waals surface area contributed by atoms with Crippen LogP contribution in [0.25, 0.3) is 16.4 Å². The number of fused-ring (bicyclic) bond motifs is 3. The predicted molar refractivity (Wildman–Crippen MR) is 74.8 cm³/mol. The standard InChI is InChI=1S/C16H12FNO3/c1-9(16(20)21)13-12-7-2-3-8-18(12)14-10(15(13)19)5-4-6-11(14)17/h2-9H,1H3,(H,20,21)/p+1. The second-order valence-electron chi connectivity index (χ2n) is 4.91. The Labute approximate surface area is 119 Å². The fourth-order valence-electron chi connectivity index (χ4n) is 2.63. The van der Waals surface area contributed by atoms with Gasteiger partial charge >= 0.3 is 5.97 Å². The number of hydrogen-bond donors (Lipinski definition) is 2. The van der Waals surface area contributed by atoms with Crippen LogP contribution in [0.2, 0.25) is 0 Å². The summed E-state index contributed by atoms with van der Waals surface area (Å²) in [5.41, 5.74) is 0.982. The van der Waals surface area contributed by atoms with Crippen LogP contribution in [0.5, 0.6) is 5.75 Å². The molecule has 0 spiro atoms. The number of hydrogen-bond acceptors (Lipinski definition) is 2. The molecule has 3 rings (SSSR count). The normalized spacial score (nSPS) is 12.7. The van der Waals surface area contributed by atoms with Crippen molar-refractivity contribution in [2.45, 2.75) is 12.8 Å². The summed E-state index contributed by atoms with van der Waals surface area (Å²) in [7, 11) is 0. The molecule has 0 saturated carbocycles. The molecule has 4 nitrogen and oxygen atoms in total. The van der Waals surface area contributed by atoms with Crippen LogP contribution in [0.1, 0.15) is 18.4 Å². The van der Waals surface area contributed by atoms with Crippen molar-refractivity contribution in [2.75, 3.05) is 0 Å². The van der Waals surface area contributed by atoms with E-state index in [4.69, 9.17) is 0 Å². The molecule has 5 heteroatoms. The zero-order chi connectivity index (χ0) is 15.1. The van der Waals surface area contributed by atoms with E-state index in [9.17, 15) is 19.4 Å². The predicted octanol–water partition coefficient (Wildman–Crippen LogP) is 2.61. The average Bonchev–Trinajstić information content (AvgIpc) is 2.47. The number of pyridine rings is 2. The Kier molecular flexibility index (Phi) is 2.97. The number of aromatic nitrogens is 1. The van der Waals surface area contributed by atoms with E-state index < -0.39 is 17.7 Å². The minimum absolute atomic E-state index is 0.189. The van der Waals surface area contributed by atoms with Gasteiger partial charge in [0.25, 0.3) is 5.52 Å². The van der Waals surface area contributed by atoms with Gasteiger partial charge in [0, 0.05) is 12.1 Å². The third-order valence-corrected chi connectivity index (χ3v) is 3.68. The zero-order valence-electron chi connectivity index (χ0n) is 11.2. The molecule has 0 aliphatic rings. The van der Waals surface area contributed by atoms with Crippen molar-refractivity contribution in [3.8, 4) is 5.75 Å². The summed E-state index contributed by atoms with van der Waals surface area (Å²) in [5, 5.41) is 20.0. The van der Waals surface area contributed by atoms with Gasteiger partial charge < -0.3 is 10.2 Å². The molecule has 3 aromatic rings. The summed E-state index contributed by atoms with van der Waals surface area (Å²) in [6.07, 6.45) is 1.65. The lowest BCUT2D eigenvalue weighted by Gasteiger charge is -2.11. The molecule has 0 fully saturated rings. The van der Waals surface area contributed by atoms with Crippen molar-refractivity contribution in [1.82, 2.24) is 0 Å². The van der Waals surface area contributed by atoms with Crippen LogP contribution in [0.15, 0.2) is 42.6 Å². The molecule has 1 aromatic carbocycles. The zero-order valence-corrected chi connectivity index (χ0v) is 11.2. The molecule has 0 aliphatic carbocycles. The molecule has 0 amide bonds. The molecule has 21 heavy (non-hydrogen) atoms. The van der Waals surface area contributed by atoms with Gasteiger partial charge in [-0.3, -0.25) is 4.79 Å². The summed E-state index contributed by atoms with van der Waals surface area (Å²) >= 11 is 0. The Morgan fingerprint density at radius 1 is 1.24 bits per heavy atom.